The van der Waals surface area contributed by atoms with Crippen LogP contribution in [0.1, 0.15) is 51.9 Å². The third kappa shape index (κ3) is 4.48. The molecule has 0 bridgehead atoms. The minimum absolute atomic E-state index is 0.0502. The van der Waals surface area contributed by atoms with Crippen molar-refractivity contribution >= 4 is 35.1 Å². The number of nitrogens with zero attached hydrogens (tertiary/aromatic N) is 2. The number of fused-ring (bicyclic) bond motifs is 1. The Morgan fingerprint density at radius 2 is 2.06 bits per heavy atom. The van der Waals surface area contributed by atoms with Crippen LogP contribution in [-0.4, -0.2) is 58.5 Å². The molecule has 1 aromatic rings. The van der Waals surface area contributed by atoms with Gasteiger partial charge in [-0.2, -0.15) is 0 Å². The number of piperidine rings is 1. The van der Waals surface area contributed by atoms with E-state index in [0.717, 1.165) is 30.6 Å². The molecule has 0 aromatic heterocycles. The maximum Gasteiger partial charge on any atom is 0.329 e. The number of amides is 5. The minimum Gasteiger partial charge on any atom is -0.389 e. The lowest BCUT2D eigenvalue weighted by Gasteiger charge is -2.47. The third-order valence-corrected chi connectivity index (χ3v) is 6.87. The first-order valence-corrected chi connectivity index (χ1v) is 11.3. The Balaban J connectivity index is 1.35. The van der Waals surface area contributed by atoms with E-state index in [2.05, 4.69) is 10.6 Å². The molecule has 32 heavy (non-hydrogen) atoms. The van der Waals surface area contributed by atoms with Gasteiger partial charge in [0.25, 0.3) is 5.91 Å². The van der Waals surface area contributed by atoms with Gasteiger partial charge in [0.1, 0.15) is 6.04 Å². The van der Waals surface area contributed by atoms with Crippen LogP contribution in [0.5, 0.6) is 0 Å². The van der Waals surface area contributed by atoms with Crippen molar-refractivity contribution in [1.29, 1.82) is 0 Å². The molecule has 1 aromatic carbocycles. The fraction of sp³-hybridized carbons (Fsp3) is 0.565. The summed E-state index contributed by atoms with van der Waals surface area (Å²) in [4.78, 5) is 52.2. The van der Waals surface area contributed by atoms with Crippen LogP contribution in [0, 0.1) is 5.92 Å². The Hall–Kier alpha value is -2.94. The number of likely N-dealkylation sites (tertiary alicyclic amines) is 1. The maximum absolute atomic E-state index is 12.9. The van der Waals surface area contributed by atoms with Crippen LogP contribution in [0.3, 0.4) is 0 Å². The van der Waals surface area contributed by atoms with Gasteiger partial charge in [0.2, 0.25) is 11.8 Å². The van der Waals surface area contributed by atoms with Gasteiger partial charge in [-0.1, -0.05) is 18.9 Å². The van der Waals surface area contributed by atoms with Crippen molar-refractivity contribution in [1.82, 2.24) is 10.2 Å². The van der Waals surface area contributed by atoms with E-state index in [1.165, 1.54) is 6.92 Å². The Kier molecular flexibility index (Phi) is 6.19. The molecule has 4 rings (SSSR count). The van der Waals surface area contributed by atoms with Crippen molar-refractivity contribution in [2.75, 3.05) is 23.3 Å². The normalized spacial score (nSPS) is 27.7. The molecule has 1 aliphatic carbocycles. The number of carbonyl (C=O) groups is 4. The second-order valence-corrected chi connectivity index (χ2v) is 9.08. The lowest BCUT2D eigenvalue weighted by atomic mass is 9.71. The maximum atomic E-state index is 12.9. The molecular formula is C23H30N4O5. The zero-order chi connectivity index (χ0) is 22.9. The van der Waals surface area contributed by atoms with Crippen LogP contribution >= 0.6 is 0 Å². The standard InChI is InChI=1S/C23H30N4O5/c1-15(28)24-17-6-4-7-18(13-17)27-21(30)19(25-22(27)31)8-9-20(29)26-12-11-23(32)10-3-2-5-16(23)14-26/h4,6-7,13,16,19,32H,2-3,5,8-12,14H2,1H3,(H,24,28)(H,25,31). The summed E-state index contributed by atoms with van der Waals surface area (Å²) in [6, 6.07) is 5.19. The lowest BCUT2D eigenvalue weighted by molar-refractivity contribution is -0.143. The number of rotatable bonds is 5. The number of hydrogen-bond donors (Lipinski definition) is 3. The van der Waals surface area contributed by atoms with Crippen LogP contribution in [-0.2, 0) is 14.4 Å². The fourth-order valence-electron chi connectivity index (χ4n) is 5.12. The van der Waals surface area contributed by atoms with Gasteiger partial charge in [0.15, 0.2) is 0 Å². The molecule has 3 aliphatic rings. The van der Waals surface area contributed by atoms with Gasteiger partial charge >= 0.3 is 6.03 Å². The molecule has 9 nitrogen and oxygen atoms in total. The molecule has 172 valence electrons. The first kappa shape index (κ1) is 22.3. The second-order valence-electron chi connectivity index (χ2n) is 9.08. The highest BCUT2D eigenvalue weighted by molar-refractivity contribution is 6.21. The summed E-state index contributed by atoms with van der Waals surface area (Å²) in [6.07, 6.45) is 4.83. The van der Waals surface area contributed by atoms with Crippen LogP contribution in [0.2, 0.25) is 0 Å². The number of nitrogens with one attached hydrogen (secondary N) is 2. The second kappa shape index (κ2) is 8.90. The molecule has 3 atom stereocenters. The molecular weight excluding hydrogens is 412 g/mol. The molecule has 9 heteroatoms. The lowest BCUT2D eigenvalue weighted by Crippen LogP contribution is -2.54. The largest absolute Gasteiger partial charge is 0.389 e. The third-order valence-electron chi connectivity index (χ3n) is 6.87. The Labute approximate surface area is 187 Å². The van der Waals surface area contributed by atoms with Crippen LogP contribution in [0.4, 0.5) is 16.2 Å². The van der Waals surface area contributed by atoms with Gasteiger partial charge in [-0.25, -0.2) is 9.69 Å². The summed E-state index contributed by atoms with van der Waals surface area (Å²) in [5.41, 5.74) is 0.207. The fourth-order valence-corrected chi connectivity index (χ4v) is 5.12. The molecule has 2 heterocycles. The molecule has 0 spiro atoms. The number of imide groups is 1. The van der Waals surface area contributed by atoms with E-state index in [1.54, 1.807) is 29.2 Å². The monoisotopic (exact) mass is 442 g/mol. The van der Waals surface area contributed by atoms with Crippen molar-refractivity contribution in [3.05, 3.63) is 24.3 Å². The number of benzene rings is 1. The quantitative estimate of drug-likeness (QED) is 0.603. The first-order valence-electron chi connectivity index (χ1n) is 11.3. The Morgan fingerprint density at radius 1 is 1.25 bits per heavy atom. The van der Waals surface area contributed by atoms with Crippen LogP contribution < -0.4 is 15.5 Å². The van der Waals surface area contributed by atoms with Crippen LogP contribution in [0.25, 0.3) is 0 Å². The van der Waals surface area contributed by atoms with Gasteiger partial charge in [0.05, 0.1) is 11.3 Å². The Morgan fingerprint density at radius 3 is 2.84 bits per heavy atom. The highest BCUT2D eigenvalue weighted by atomic mass is 16.3. The minimum atomic E-state index is -0.771. The van der Waals surface area contributed by atoms with E-state index >= 15 is 0 Å². The topological polar surface area (TPSA) is 119 Å². The summed E-state index contributed by atoms with van der Waals surface area (Å²) < 4.78 is 0. The summed E-state index contributed by atoms with van der Waals surface area (Å²) >= 11 is 0. The van der Waals surface area contributed by atoms with Gasteiger partial charge < -0.3 is 20.6 Å². The van der Waals surface area contributed by atoms with E-state index in [0.29, 0.717) is 30.9 Å². The van der Waals surface area contributed by atoms with Crippen LogP contribution in [0.15, 0.2) is 24.3 Å². The van der Waals surface area contributed by atoms with E-state index < -0.39 is 23.6 Å². The summed E-state index contributed by atoms with van der Waals surface area (Å²) in [6.45, 7) is 2.46. The van der Waals surface area contributed by atoms with E-state index in [-0.39, 0.29) is 30.6 Å². The smallest absolute Gasteiger partial charge is 0.329 e. The molecule has 2 saturated heterocycles. The summed E-state index contributed by atoms with van der Waals surface area (Å²) in [5.74, 6) is -0.595. The Bertz CT molecular complexity index is 935. The summed E-state index contributed by atoms with van der Waals surface area (Å²) in [5, 5.41) is 16.1. The zero-order valence-electron chi connectivity index (χ0n) is 18.3. The van der Waals surface area contributed by atoms with E-state index in [4.69, 9.17) is 0 Å². The first-order chi connectivity index (χ1) is 15.3. The molecule has 3 fully saturated rings. The number of hydrogen-bond acceptors (Lipinski definition) is 5. The molecule has 2 aliphatic heterocycles. The van der Waals surface area contributed by atoms with Crippen molar-refractivity contribution < 1.29 is 24.3 Å². The van der Waals surface area contributed by atoms with Crippen molar-refractivity contribution in [3.8, 4) is 0 Å². The predicted molar refractivity (Wildman–Crippen MR) is 118 cm³/mol. The SMILES string of the molecule is CC(=O)Nc1cccc(N2C(=O)NC(CCC(=O)N3CCC4(O)CCCCC4C3)C2=O)c1. The van der Waals surface area contributed by atoms with Gasteiger partial charge in [0, 0.05) is 38.0 Å². The molecule has 3 unspecified atom stereocenters. The number of carbonyl (C=O) groups excluding carboxylic acids is 4. The van der Waals surface area contributed by atoms with E-state index in [1.807, 2.05) is 0 Å². The average molecular weight is 443 g/mol. The number of urea groups is 1. The van der Waals surface area contributed by atoms with Crippen molar-refractivity contribution in [2.45, 2.75) is 63.5 Å². The van der Waals surface area contributed by atoms with Gasteiger partial charge in [-0.3, -0.25) is 14.4 Å². The molecule has 0 radical (unpaired) electrons. The molecule has 1 saturated carbocycles. The highest BCUT2D eigenvalue weighted by Crippen LogP contribution is 2.40. The predicted octanol–water partition coefficient (Wildman–Crippen LogP) is 2.00. The van der Waals surface area contributed by atoms with E-state index in [9.17, 15) is 24.3 Å². The van der Waals surface area contributed by atoms with Crippen molar-refractivity contribution in [2.24, 2.45) is 5.92 Å². The number of aliphatic hydroxyl groups is 1. The summed E-state index contributed by atoms with van der Waals surface area (Å²) in [7, 11) is 0. The van der Waals surface area contributed by atoms with Gasteiger partial charge in [-0.15, -0.1) is 0 Å². The molecule has 5 amide bonds. The zero-order valence-corrected chi connectivity index (χ0v) is 18.3. The van der Waals surface area contributed by atoms with Gasteiger partial charge in [-0.05, 0) is 43.9 Å². The average Bonchev–Trinajstić information content (AvgIpc) is 3.04. The van der Waals surface area contributed by atoms with Crippen molar-refractivity contribution in [3.63, 3.8) is 0 Å². The molecule has 3 N–H and O–H groups in total. The highest BCUT2D eigenvalue weighted by Gasteiger charge is 2.44. The number of anilines is 2.